The van der Waals surface area contributed by atoms with Gasteiger partial charge in [0.1, 0.15) is 18.3 Å². The minimum absolute atomic E-state index is 0.0824. The van der Waals surface area contributed by atoms with Gasteiger partial charge in [0.15, 0.2) is 0 Å². The molecule has 5 nitrogen and oxygen atoms in total. The van der Waals surface area contributed by atoms with Crippen LogP contribution in [0, 0.1) is 11.3 Å². The van der Waals surface area contributed by atoms with Gasteiger partial charge in [-0.2, -0.15) is 5.26 Å². The van der Waals surface area contributed by atoms with Gasteiger partial charge in [0.2, 0.25) is 5.91 Å². The summed E-state index contributed by atoms with van der Waals surface area (Å²) in [6.07, 6.45) is 4.03. The van der Waals surface area contributed by atoms with Crippen LogP contribution in [0.2, 0.25) is 0 Å². The maximum Gasteiger partial charge on any atom is 0.242 e. The third-order valence-corrected chi connectivity index (χ3v) is 4.11. The standard InChI is InChI=1S/C15H22N4O/c1-3-14-13(17)8-12(9-16)19(14)10-15(20)18-7-5-4-6-11(18)2/h8,11H,3-7,10,17H2,1-2H3/t11-/m0/s1. The molecule has 2 heterocycles. The normalized spacial score (nSPS) is 18.9. The molecule has 1 atom stereocenters. The van der Waals surface area contributed by atoms with Crippen LogP contribution in [0.3, 0.4) is 0 Å². The lowest BCUT2D eigenvalue weighted by Gasteiger charge is -2.33. The van der Waals surface area contributed by atoms with Crippen molar-refractivity contribution < 1.29 is 4.79 Å². The Kier molecular flexibility index (Phi) is 4.33. The summed E-state index contributed by atoms with van der Waals surface area (Å²) in [7, 11) is 0. The molecule has 1 fully saturated rings. The van der Waals surface area contributed by atoms with Gasteiger partial charge in [-0.15, -0.1) is 0 Å². The van der Waals surface area contributed by atoms with Gasteiger partial charge in [-0.1, -0.05) is 6.92 Å². The monoisotopic (exact) mass is 274 g/mol. The highest BCUT2D eigenvalue weighted by Gasteiger charge is 2.24. The van der Waals surface area contributed by atoms with E-state index in [9.17, 15) is 10.1 Å². The molecule has 108 valence electrons. The minimum atomic E-state index is 0.0824. The topological polar surface area (TPSA) is 75.0 Å². The number of hydrogen-bond acceptors (Lipinski definition) is 3. The molecule has 5 heteroatoms. The number of carbonyl (C=O) groups excluding carboxylic acids is 1. The molecule has 1 aliphatic heterocycles. The summed E-state index contributed by atoms with van der Waals surface area (Å²) in [5.74, 6) is 0.0824. The predicted molar refractivity (Wildman–Crippen MR) is 78.0 cm³/mol. The molecule has 0 aromatic carbocycles. The zero-order chi connectivity index (χ0) is 14.7. The SMILES string of the molecule is CCc1c(N)cc(C#N)n1CC(=O)N1CCCC[C@@H]1C. The fraction of sp³-hybridized carbons (Fsp3) is 0.600. The van der Waals surface area contributed by atoms with Crippen LogP contribution in [-0.4, -0.2) is 28.0 Å². The molecule has 1 aromatic rings. The van der Waals surface area contributed by atoms with Crippen molar-refractivity contribution in [2.24, 2.45) is 0 Å². The van der Waals surface area contributed by atoms with E-state index >= 15 is 0 Å². The first-order valence-corrected chi connectivity index (χ1v) is 7.26. The average molecular weight is 274 g/mol. The van der Waals surface area contributed by atoms with E-state index in [0.29, 0.717) is 17.4 Å². The molecule has 1 amide bonds. The number of carbonyl (C=O) groups is 1. The van der Waals surface area contributed by atoms with Crippen molar-refractivity contribution in [2.75, 3.05) is 12.3 Å². The molecular weight excluding hydrogens is 252 g/mol. The van der Waals surface area contributed by atoms with Crippen LogP contribution in [0.5, 0.6) is 0 Å². The van der Waals surface area contributed by atoms with Crippen molar-refractivity contribution in [1.82, 2.24) is 9.47 Å². The van der Waals surface area contributed by atoms with Crippen LogP contribution < -0.4 is 5.73 Å². The highest BCUT2D eigenvalue weighted by atomic mass is 16.2. The second-order valence-electron chi connectivity index (χ2n) is 5.42. The van der Waals surface area contributed by atoms with E-state index in [-0.39, 0.29) is 12.5 Å². The Morgan fingerprint density at radius 3 is 2.90 bits per heavy atom. The van der Waals surface area contributed by atoms with Crippen LogP contribution in [0.25, 0.3) is 0 Å². The van der Waals surface area contributed by atoms with Crippen LogP contribution in [0.15, 0.2) is 6.07 Å². The Morgan fingerprint density at radius 2 is 2.30 bits per heavy atom. The van der Waals surface area contributed by atoms with E-state index in [0.717, 1.165) is 31.5 Å². The molecule has 20 heavy (non-hydrogen) atoms. The van der Waals surface area contributed by atoms with Gasteiger partial charge in [0, 0.05) is 18.3 Å². The van der Waals surface area contributed by atoms with Gasteiger partial charge in [0.05, 0.1) is 5.69 Å². The molecule has 0 saturated carbocycles. The van der Waals surface area contributed by atoms with Crippen LogP contribution in [-0.2, 0) is 17.8 Å². The summed E-state index contributed by atoms with van der Waals surface area (Å²) in [5.41, 5.74) is 7.86. The highest BCUT2D eigenvalue weighted by molar-refractivity contribution is 5.77. The first-order valence-electron chi connectivity index (χ1n) is 7.26. The maximum atomic E-state index is 12.5. The number of nitrogen functional groups attached to an aromatic ring is 1. The molecule has 2 N–H and O–H groups in total. The largest absolute Gasteiger partial charge is 0.397 e. The summed E-state index contributed by atoms with van der Waals surface area (Å²) in [5, 5.41) is 9.18. The number of anilines is 1. The summed E-state index contributed by atoms with van der Waals surface area (Å²) >= 11 is 0. The molecule has 1 aromatic heterocycles. The Labute approximate surface area is 120 Å². The van der Waals surface area contributed by atoms with Crippen LogP contribution in [0.1, 0.15) is 44.5 Å². The molecule has 0 bridgehead atoms. The maximum absolute atomic E-state index is 12.5. The van der Waals surface area contributed by atoms with Gasteiger partial charge >= 0.3 is 0 Å². The lowest BCUT2D eigenvalue weighted by Crippen LogP contribution is -2.43. The van der Waals surface area contributed by atoms with E-state index in [4.69, 9.17) is 5.73 Å². The number of likely N-dealkylation sites (tertiary alicyclic amines) is 1. The van der Waals surface area contributed by atoms with Crippen molar-refractivity contribution in [3.05, 3.63) is 17.5 Å². The lowest BCUT2D eigenvalue weighted by atomic mass is 10.0. The van der Waals surface area contributed by atoms with E-state index in [1.807, 2.05) is 11.8 Å². The third-order valence-electron chi connectivity index (χ3n) is 4.11. The third kappa shape index (κ3) is 2.64. The van der Waals surface area contributed by atoms with Gasteiger partial charge in [-0.3, -0.25) is 4.79 Å². The van der Waals surface area contributed by atoms with E-state index < -0.39 is 0 Å². The van der Waals surface area contributed by atoms with E-state index in [1.165, 1.54) is 6.42 Å². The molecule has 1 saturated heterocycles. The molecule has 1 aliphatic rings. The number of nitriles is 1. The minimum Gasteiger partial charge on any atom is -0.397 e. The molecule has 0 aliphatic carbocycles. The zero-order valence-electron chi connectivity index (χ0n) is 12.2. The first-order chi connectivity index (χ1) is 9.58. The van der Waals surface area contributed by atoms with E-state index in [2.05, 4.69) is 13.0 Å². The number of hydrogen-bond donors (Lipinski definition) is 1. The van der Waals surface area contributed by atoms with E-state index in [1.54, 1.807) is 10.6 Å². The quantitative estimate of drug-likeness (QED) is 0.914. The zero-order valence-corrected chi connectivity index (χ0v) is 12.2. The van der Waals surface area contributed by atoms with Crippen LogP contribution in [0.4, 0.5) is 5.69 Å². The van der Waals surface area contributed by atoms with Gasteiger partial charge in [0.25, 0.3) is 0 Å². The molecule has 0 spiro atoms. The summed E-state index contributed by atoms with van der Waals surface area (Å²) in [6.45, 7) is 5.11. The fourth-order valence-electron chi connectivity index (χ4n) is 2.97. The van der Waals surface area contributed by atoms with Crippen molar-refractivity contribution in [3.63, 3.8) is 0 Å². The molecule has 0 unspecified atom stereocenters. The van der Waals surface area contributed by atoms with Gasteiger partial charge < -0.3 is 15.2 Å². The number of aromatic nitrogens is 1. The van der Waals surface area contributed by atoms with Crippen LogP contribution >= 0.6 is 0 Å². The molecular formula is C15H22N4O. The Bertz CT molecular complexity index is 541. The second-order valence-corrected chi connectivity index (χ2v) is 5.42. The Morgan fingerprint density at radius 1 is 1.55 bits per heavy atom. The predicted octanol–water partition coefficient (Wildman–Crippen LogP) is 1.91. The number of amides is 1. The lowest BCUT2D eigenvalue weighted by molar-refractivity contribution is -0.135. The summed E-state index contributed by atoms with van der Waals surface area (Å²) < 4.78 is 1.76. The second kappa shape index (κ2) is 6.00. The number of nitrogens with two attached hydrogens (primary N) is 1. The molecule has 0 radical (unpaired) electrons. The summed E-state index contributed by atoms with van der Waals surface area (Å²) in [6, 6.07) is 4.07. The van der Waals surface area contributed by atoms with Crippen molar-refractivity contribution in [1.29, 1.82) is 5.26 Å². The average Bonchev–Trinajstić information content (AvgIpc) is 2.74. The smallest absolute Gasteiger partial charge is 0.242 e. The fourth-order valence-corrected chi connectivity index (χ4v) is 2.97. The van der Waals surface area contributed by atoms with Gasteiger partial charge in [-0.25, -0.2) is 0 Å². The summed E-state index contributed by atoms with van der Waals surface area (Å²) in [4.78, 5) is 14.4. The van der Waals surface area contributed by atoms with Crippen molar-refractivity contribution in [3.8, 4) is 6.07 Å². The van der Waals surface area contributed by atoms with Gasteiger partial charge in [-0.05, 0) is 38.7 Å². The number of piperidine rings is 1. The van der Waals surface area contributed by atoms with Crippen molar-refractivity contribution in [2.45, 2.75) is 52.1 Å². The van der Waals surface area contributed by atoms with Crippen molar-refractivity contribution >= 4 is 11.6 Å². The molecule has 2 rings (SSSR count). The number of nitrogens with zero attached hydrogens (tertiary/aromatic N) is 3. The highest BCUT2D eigenvalue weighted by Crippen LogP contribution is 2.21. The first kappa shape index (κ1) is 14.4. The Hall–Kier alpha value is -1.96. The Balaban J connectivity index is 2.21. The number of rotatable bonds is 3.